The van der Waals surface area contributed by atoms with Crippen molar-refractivity contribution in [1.82, 2.24) is 9.97 Å². The molecular formula is C20H20F2N4O. The number of para-hydroxylation sites is 3. The Balaban J connectivity index is 1.89. The predicted octanol–water partition coefficient (Wildman–Crippen LogP) is 5.34. The molecule has 2 aromatic carbocycles. The van der Waals surface area contributed by atoms with Crippen LogP contribution in [-0.4, -0.2) is 16.1 Å². The Morgan fingerprint density at radius 1 is 0.889 bits per heavy atom. The lowest BCUT2D eigenvalue weighted by Gasteiger charge is -2.16. The summed E-state index contributed by atoms with van der Waals surface area (Å²) in [5.74, 6) is 0.477. The van der Waals surface area contributed by atoms with Crippen LogP contribution in [0, 0.1) is 18.6 Å². The van der Waals surface area contributed by atoms with Crippen molar-refractivity contribution >= 4 is 23.0 Å². The molecule has 0 amide bonds. The van der Waals surface area contributed by atoms with E-state index in [9.17, 15) is 8.78 Å². The zero-order valence-corrected chi connectivity index (χ0v) is 15.3. The number of anilines is 4. The Morgan fingerprint density at radius 2 is 1.52 bits per heavy atom. The van der Waals surface area contributed by atoms with Gasteiger partial charge in [0, 0.05) is 6.07 Å². The van der Waals surface area contributed by atoms with E-state index in [4.69, 9.17) is 4.74 Å². The van der Waals surface area contributed by atoms with Gasteiger partial charge in [-0.15, -0.1) is 0 Å². The number of aromatic nitrogens is 2. The molecule has 0 saturated carbocycles. The van der Waals surface area contributed by atoms with E-state index in [2.05, 4.69) is 20.6 Å². The van der Waals surface area contributed by atoms with Gasteiger partial charge in [-0.1, -0.05) is 18.2 Å². The first-order valence-corrected chi connectivity index (χ1v) is 8.52. The molecule has 0 saturated heterocycles. The van der Waals surface area contributed by atoms with Gasteiger partial charge in [0.25, 0.3) is 0 Å². The molecule has 5 nitrogen and oxygen atoms in total. The molecule has 27 heavy (non-hydrogen) atoms. The highest BCUT2D eigenvalue weighted by Gasteiger charge is 2.12. The molecule has 0 radical (unpaired) electrons. The second-order valence-electron chi connectivity index (χ2n) is 6.20. The van der Waals surface area contributed by atoms with Crippen LogP contribution in [0.4, 0.5) is 31.8 Å². The van der Waals surface area contributed by atoms with Crippen molar-refractivity contribution in [2.24, 2.45) is 0 Å². The van der Waals surface area contributed by atoms with Crippen LogP contribution in [0.5, 0.6) is 5.75 Å². The monoisotopic (exact) mass is 370 g/mol. The lowest BCUT2D eigenvalue weighted by atomic mass is 10.2. The summed E-state index contributed by atoms with van der Waals surface area (Å²) in [6, 6.07) is 12.7. The van der Waals surface area contributed by atoms with Gasteiger partial charge < -0.3 is 15.4 Å². The van der Waals surface area contributed by atoms with Gasteiger partial charge in [0.05, 0.1) is 11.8 Å². The standard InChI is InChI=1S/C20H20F2N4O/c1-12(2)27-17-10-5-4-9-16(17)25-18-11-19(24-13(3)23-18)26-20-14(21)7-6-8-15(20)22/h4-12H,1-3H3,(H2,23,24,25,26). The van der Waals surface area contributed by atoms with E-state index in [1.54, 1.807) is 13.0 Å². The topological polar surface area (TPSA) is 59.1 Å². The van der Waals surface area contributed by atoms with E-state index in [0.717, 1.165) is 5.69 Å². The van der Waals surface area contributed by atoms with E-state index < -0.39 is 11.6 Å². The maximum atomic E-state index is 13.9. The highest BCUT2D eigenvalue weighted by atomic mass is 19.1. The number of benzene rings is 2. The summed E-state index contributed by atoms with van der Waals surface area (Å²) in [6.45, 7) is 5.58. The molecule has 7 heteroatoms. The molecule has 0 aliphatic heterocycles. The van der Waals surface area contributed by atoms with Gasteiger partial charge in [-0.3, -0.25) is 0 Å². The molecular weight excluding hydrogens is 350 g/mol. The smallest absolute Gasteiger partial charge is 0.149 e. The highest BCUT2D eigenvalue weighted by molar-refractivity contribution is 5.67. The van der Waals surface area contributed by atoms with Crippen LogP contribution in [0.25, 0.3) is 0 Å². The molecule has 0 bridgehead atoms. The first kappa shape index (κ1) is 18.6. The lowest BCUT2D eigenvalue weighted by molar-refractivity contribution is 0.244. The summed E-state index contributed by atoms with van der Waals surface area (Å²) in [6.07, 6.45) is 0.0151. The molecule has 1 aromatic heterocycles. The third-order valence-electron chi connectivity index (χ3n) is 3.57. The third kappa shape index (κ3) is 4.69. The number of nitrogens with one attached hydrogen (secondary N) is 2. The summed E-state index contributed by atoms with van der Waals surface area (Å²) in [4.78, 5) is 8.53. The second-order valence-corrected chi connectivity index (χ2v) is 6.20. The van der Waals surface area contributed by atoms with E-state index in [1.807, 2.05) is 38.1 Å². The fourth-order valence-corrected chi connectivity index (χ4v) is 2.51. The molecule has 2 N–H and O–H groups in total. The average Bonchev–Trinajstić information content (AvgIpc) is 2.59. The van der Waals surface area contributed by atoms with Crippen LogP contribution in [0.3, 0.4) is 0 Å². The first-order chi connectivity index (χ1) is 12.9. The number of hydrogen-bond donors (Lipinski definition) is 2. The zero-order valence-electron chi connectivity index (χ0n) is 15.3. The average molecular weight is 370 g/mol. The SMILES string of the molecule is Cc1nc(Nc2ccccc2OC(C)C)cc(Nc2c(F)cccc2F)n1. The van der Waals surface area contributed by atoms with Crippen LogP contribution >= 0.6 is 0 Å². The molecule has 0 spiro atoms. The minimum Gasteiger partial charge on any atom is -0.489 e. The van der Waals surface area contributed by atoms with Crippen LogP contribution in [0.15, 0.2) is 48.5 Å². The van der Waals surface area contributed by atoms with Crippen molar-refractivity contribution in [2.45, 2.75) is 26.9 Å². The van der Waals surface area contributed by atoms with Crippen molar-refractivity contribution < 1.29 is 13.5 Å². The molecule has 1 heterocycles. The molecule has 3 aromatic rings. The third-order valence-corrected chi connectivity index (χ3v) is 3.57. The van der Waals surface area contributed by atoms with E-state index in [-0.39, 0.29) is 17.6 Å². The van der Waals surface area contributed by atoms with Crippen LogP contribution in [0.2, 0.25) is 0 Å². The molecule has 0 aliphatic rings. The Labute approximate surface area is 156 Å². The molecule has 0 fully saturated rings. The first-order valence-electron chi connectivity index (χ1n) is 8.52. The zero-order chi connectivity index (χ0) is 19.4. The van der Waals surface area contributed by atoms with Gasteiger partial charge in [-0.2, -0.15) is 0 Å². The van der Waals surface area contributed by atoms with Gasteiger partial charge in [-0.25, -0.2) is 18.7 Å². The highest BCUT2D eigenvalue weighted by Crippen LogP contribution is 2.29. The van der Waals surface area contributed by atoms with Crippen molar-refractivity contribution in [3.63, 3.8) is 0 Å². The number of hydrogen-bond acceptors (Lipinski definition) is 5. The van der Waals surface area contributed by atoms with Gasteiger partial charge in [-0.05, 0) is 45.0 Å². The van der Waals surface area contributed by atoms with E-state index in [0.29, 0.717) is 17.4 Å². The molecule has 0 atom stereocenters. The Morgan fingerprint density at radius 3 is 2.19 bits per heavy atom. The van der Waals surface area contributed by atoms with Crippen molar-refractivity contribution in [3.05, 3.63) is 66.0 Å². The van der Waals surface area contributed by atoms with E-state index >= 15 is 0 Å². The number of ether oxygens (including phenoxy) is 1. The number of rotatable bonds is 6. The molecule has 0 unspecified atom stereocenters. The maximum absolute atomic E-state index is 13.9. The molecule has 3 rings (SSSR count). The lowest BCUT2D eigenvalue weighted by Crippen LogP contribution is -2.08. The van der Waals surface area contributed by atoms with Crippen molar-refractivity contribution in [1.29, 1.82) is 0 Å². The number of aryl methyl sites for hydroxylation is 1. The minimum absolute atomic E-state index is 0.0151. The summed E-state index contributed by atoms with van der Waals surface area (Å²) >= 11 is 0. The van der Waals surface area contributed by atoms with Crippen LogP contribution in [0.1, 0.15) is 19.7 Å². The van der Waals surface area contributed by atoms with Crippen molar-refractivity contribution in [3.8, 4) is 5.75 Å². The normalized spacial score (nSPS) is 10.7. The fraction of sp³-hybridized carbons (Fsp3) is 0.200. The Kier molecular flexibility index (Phi) is 5.49. The molecule has 140 valence electrons. The summed E-state index contributed by atoms with van der Waals surface area (Å²) in [5.41, 5.74) is 0.470. The fourth-order valence-electron chi connectivity index (χ4n) is 2.51. The van der Waals surface area contributed by atoms with Gasteiger partial charge in [0.15, 0.2) is 0 Å². The van der Waals surface area contributed by atoms with Crippen LogP contribution < -0.4 is 15.4 Å². The van der Waals surface area contributed by atoms with Crippen LogP contribution in [-0.2, 0) is 0 Å². The Hall–Kier alpha value is -3.22. The van der Waals surface area contributed by atoms with Crippen molar-refractivity contribution in [2.75, 3.05) is 10.6 Å². The summed E-state index contributed by atoms with van der Waals surface area (Å²) in [5, 5.41) is 5.85. The second kappa shape index (κ2) is 7.99. The van der Waals surface area contributed by atoms with Gasteiger partial charge in [0.1, 0.15) is 40.5 Å². The largest absolute Gasteiger partial charge is 0.489 e. The summed E-state index contributed by atoms with van der Waals surface area (Å²) in [7, 11) is 0. The quantitative estimate of drug-likeness (QED) is 0.613. The maximum Gasteiger partial charge on any atom is 0.149 e. The van der Waals surface area contributed by atoms with Gasteiger partial charge >= 0.3 is 0 Å². The Bertz CT molecular complexity index is 927. The number of halogens is 2. The number of nitrogens with zero attached hydrogens (tertiary/aromatic N) is 2. The minimum atomic E-state index is -0.698. The molecule has 0 aliphatic carbocycles. The van der Waals surface area contributed by atoms with E-state index in [1.165, 1.54) is 18.2 Å². The summed E-state index contributed by atoms with van der Waals surface area (Å²) < 4.78 is 33.5. The predicted molar refractivity (Wildman–Crippen MR) is 102 cm³/mol. The van der Waals surface area contributed by atoms with Gasteiger partial charge in [0.2, 0.25) is 0 Å².